The van der Waals surface area contributed by atoms with Crippen molar-refractivity contribution in [2.24, 2.45) is 0 Å². The summed E-state index contributed by atoms with van der Waals surface area (Å²) in [6.45, 7) is 0. The van der Waals surface area contributed by atoms with Crippen LogP contribution in [-0.2, 0) is 12.8 Å². The molecule has 6 rings (SSSR count). The quantitative estimate of drug-likeness (QED) is 0.324. The highest BCUT2D eigenvalue weighted by Crippen LogP contribution is 2.49. The Hall–Kier alpha value is -2.86. The van der Waals surface area contributed by atoms with Gasteiger partial charge >= 0.3 is 0 Å². The molecular formula is C24H16. The van der Waals surface area contributed by atoms with Crippen LogP contribution in [0.1, 0.15) is 22.3 Å². The van der Waals surface area contributed by atoms with Gasteiger partial charge in [0.25, 0.3) is 0 Å². The van der Waals surface area contributed by atoms with Crippen molar-refractivity contribution in [1.82, 2.24) is 0 Å². The Morgan fingerprint density at radius 2 is 1.29 bits per heavy atom. The first-order chi connectivity index (χ1) is 11.9. The minimum Gasteiger partial charge on any atom is -0.0619 e. The Morgan fingerprint density at radius 3 is 2.29 bits per heavy atom. The van der Waals surface area contributed by atoms with Crippen LogP contribution >= 0.6 is 0 Å². The monoisotopic (exact) mass is 304 g/mol. The third-order valence-corrected chi connectivity index (χ3v) is 5.72. The maximum atomic E-state index is 2.36. The largest absolute Gasteiger partial charge is 0.0619 e. The van der Waals surface area contributed by atoms with Gasteiger partial charge in [-0.1, -0.05) is 72.8 Å². The number of rotatable bonds is 0. The molecule has 0 bridgehead atoms. The smallest absolute Gasteiger partial charge is 0.000695 e. The lowest BCUT2D eigenvalue weighted by molar-refractivity contribution is 1.23. The highest BCUT2D eigenvalue weighted by atomic mass is 14.3. The van der Waals surface area contributed by atoms with E-state index in [1.807, 2.05) is 0 Å². The molecule has 0 atom stereocenters. The Bertz CT molecular complexity index is 1150. The number of hydrogen-bond donors (Lipinski definition) is 0. The highest BCUT2D eigenvalue weighted by molar-refractivity contribution is 6.03. The van der Waals surface area contributed by atoms with Crippen molar-refractivity contribution in [3.8, 4) is 22.3 Å². The molecule has 0 aliphatic heterocycles. The van der Waals surface area contributed by atoms with Crippen LogP contribution in [0.3, 0.4) is 0 Å². The van der Waals surface area contributed by atoms with E-state index in [1.165, 1.54) is 55.3 Å². The first-order valence-electron chi connectivity index (χ1n) is 8.64. The predicted octanol–water partition coefficient (Wildman–Crippen LogP) is 5.98. The van der Waals surface area contributed by atoms with Crippen LogP contribution in [0.15, 0.2) is 72.8 Å². The summed E-state index contributed by atoms with van der Waals surface area (Å²) in [5.41, 5.74) is 11.8. The van der Waals surface area contributed by atoms with Crippen LogP contribution in [0, 0.1) is 0 Å². The maximum Gasteiger partial charge on any atom is -0.000695 e. The van der Waals surface area contributed by atoms with E-state index < -0.39 is 0 Å². The Kier molecular flexibility index (Phi) is 2.28. The van der Waals surface area contributed by atoms with Crippen LogP contribution < -0.4 is 0 Å². The van der Waals surface area contributed by atoms with E-state index in [4.69, 9.17) is 0 Å². The standard InChI is InChI=1S/C24H16/c1-3-7-19-15(5-1)9-10-18-14-22-21(23(18)19)12-11-17-13-16-6-2-4-8-20(16)24(17)22/h1-12H,13-14H2. The third-order valence-electron chi connectivity index (χ3n) is 5.72. The fourth-order valence-corrected chi connectivity index (χ4v) is 4.69. The zero-order valence-electron chi connectivity index (χ0n) is 13.3. The van der Waals surface area contributed by atoms with Gasteiger partial charge in [-0.3, -0.25) is 0 Å². The van der Waals surface area contributed by atoms with Crippen LogP contribution in [-0.4, -0.2) is 0 Å². The first kappa shape index (κ1) is 12.5. The van der Waals surface area contributed by atoms with Gasteiger partial charge in [0.15, 0.2) is 0 Å². The molecule has 0 saturated carbocycles. The van der Waals surface area contributed by atoms with Gasteiger partial charge in [0.1, 0.15) is 0 Å². The normalized spacial score (nSPS) is 13.5. The van der Waals surface area contributed by atoms with Crippen molar-refractivity contribution in [3.63, 3.8) is 0 Å². The first-order valence-corrected chi connectivity index (χ1v) is 8.64. The van der Waals surface area contributed by atoms with Gasteiger partial charge in [-0.15, -0.1) is 0 Å². The van der Waals surface area contributed by atoms with E-state index in [-0.39, 0.29) is 0 Å². The van der Waals surface area contributed by atoms with Crippen molar-refractivity contribution >= 4 is 10.8 Å². The summed E-state index contributed by atoms with van der Waals surface area (Å²) in [5, 5.41) is 2.73. The fraction of sp³-hybridized carbons (Fsp3) is 0.0833. The zero-order valence-corrected chi connectivity index (χ0v) is 13.3. The van der Waals surface area contributed by atoms with E-state index >= 15 is 0 Å². The summed E-state index contributed by atoms with van der Waals surface area (Å²) in [6.07, 6.45) is 2.14. The highest BCUT2D eigenvalue weighted by Gasteiger charge is 2.28. The Morgan fingerprint density at radius 1 is 0.500 bits per heavy atom. The molecule has 0 N–H and O–H groups in total. The molecule has 0 amide bonds. The summed E-state index contributed by atoms with van der Waals surface area (Å²) >= 11 is 0. The molecule has 0 saturated heterocycles. The summed E-state index contributed by atoms with van der Waals surface area (Å²) in [4.78, 5) is 0. The van der Waals surface area contributed by atoms with Gasteiger partial charge in [0, 0.05) is 0 Å². The van der Waals surface area contributed by atoms with Gasteiger partial charge in [-0.05, 0) is 68.1 Å². The molecular weight excluding hydrogens is 288 g/mol. The molecule has 2 aliphatic rings. The fourth-order valence-electron chi connectivity index (χ4n) is 4.69. The van der Waals surface area contributed by atoms with Crippen molar-refractivity contribution in [2.75, 3.05) is 0 Å². The number of hydrogen-bond acceptors (Lipinski definition) is 0. The van der Waals surface area contributed by atoms with Gasteiger partial charge in [0.2, 0.25) is 0 Å². The second-order valence-electron chi connectivity index (χ2n) is 6.96. The Balaban J connectivity index is 1.70. The van der Waals surface area contributed by atoms with Gasteiger partial charge in [-0.25, -0.2) is 0 Å². The predicted molar refractivity (Wildman–Crippen MR) is 100 cm³/mol. The summed E-state index contributed by atoms with van der Waals surface area (Å²) in [7, 11) is 0. The summed E-state index contributed by atoms with van der Waals surface area (Å²) in [6, 6.07) is 27.0. The van der Waals surface area contributed by atoms with Gasteiger partial charge < -0.3 is 0 Å². The molecule has 24 heavy (non-hydrogen) atoms. The molecule has 112 valence electrons. The molecule has 0 spiro atoms. The average molecular weight is 304 g/mol. The van der Waals surface area contributed by atoms with Crippen molar-refractivity contribution < 1.29 is 0 Å². The van der Waals surface area contributed by atoms with Crippen LogP contribution in [0.25, 0.3) is 33.0 Å². The average Bonchev–Trinajstić information content (AvgIpc) is 3.19. The maximum absolute atomic E-state index is 2.36. The topological polar surface area (TPSA) is 0 Å². The van der Waals surface area contributed by atoms with Crippen molar-refractivity contribution in [1.29, 1.82) is 0 Å². The Labute approximate surface area is 141 Å². The molecule has 0 unspecified atom stereocenters. The van der Waals surface area contributed by atoms with Crippen LogP contribution in [0.2, 0.25) is 0 Å². The molecule has 4 aromatic carbocycles. The van der Waals surface area contributed by atoms with Crippen LogP contribution in [0.5, 0.6) is 0 Å². The van der Waals surface area contributed by atoms with E-state index in [0.717, 1.165) is 12.8 Å². The SMILES string of the molecule is c1ccc2c(c1)Cc1ccc3c(c1-2)Cc1ccc2ccccc2c1-3. The molecule has 0 radical (unpaired) electrons. The summed E-state index contributed by atoms with van der Waals surface area (Å²) < 4.78 is 0. The van der Waals surface area contributed by atoms with Crippen molar-refractivity contribution in [2.45, 2.75) is 12.8 Å². The van der Waals surface area contributed by atoms with Crippen LogP contribution in [0.4, 0.5) is 0 Å². The minimum atomic E-state index is 1.06. The molecule has 0 heteroatoms. The number of fused-ring (bicyclic) bond motifs is 9. The molecule has 0 fully saturated rings. The van der Waals surface area contributed by atoms with E-state index in [9.17, 15) is 0 Å². The lowest BCUT2D eigenvalue weighted by atomic mass is 9.94. The van der Waals surface area contributed by atoms with E-state index in [2.05, 4.69) is 72.8 Å². The second kappa shape index (κ2) is 4.36. The van der Waals surface area contributed by atoms with Gasteiger partial charge in [-0.2, -0.15) is 0 Å². The van der Waals surface area contributed by atoms with Gasteiger partial charge in [0.05, 0.1) is 0 Å². The molecule has 0 aromatic heterocycles. The minimum absolute atomic E-state index is 1.06. The summed E-state index contributed by atoms with van der Waals surface area (Å²) in [5.74, 6) is 0. The lowest BCUT2D eigenvalue weighted by Crippen LogP contribution is -1.88. The molecule has 2 aliphatic carbocycles. The number of benzene rings is 4. The van der Waals surface area contributed by atoms with Crippen molar-refractivity contribution in [3.05, 3.63) is 95.1 Å². The molecule has 4 aromatic rings. The zero-order chi connectivity index (χ0) is 15.7. The molecule has 0 heterocycles. The lowest BCUT2D eigenvalue weighted by Gasteiger charge is -2.10. The third kappa shape index (κ3) is 1.48. The van der Waals surface area contributed by atoms with E-state index in [0.29, 0.717) is 0 Å². The molecule has 0 nitrogen and oxygen atoms in total. The van der Waals surface area contributed by atoms with E-state index in [1.54, 1.807) is 0 Å². The second-order valence-corrected chi connectivity index (χ2v) is 6.96.